The summed E-state index contributed by atoms with van der Waals surface area (Å²) in [7, 11) is -0.944. The van der Waals surface area contributed by atoms with Crippen LogP contribution in [0.15, 0.2) is 121 Å². The molecule has 0 N–H and O–H groups in total. The maximum Gasteiger partial charge on any atom is 2.00 e. The van der Waals surface area contributed by atoms with Crippen molar-refractivity contribution in [2.45, 2.75) is 18.7 Å². The minimum absolute atomic E-state index is 0. The van der Waals surface area contributed by atoms with Crippen LogP contribution < -0.4 is 55.2 Å². The van der Waals surface area contributed by atoms with Gasteiger partial charge in [-0.2, -0.15) is 0 Å². The molecule has 0 bridgehead atoms. The van der Waals surface area contributed by atoms with E-state index in [0.717, 1.165) is 6.42 Å². The van der Waals surface area contributed by atoms with Gasteiger partial charge in [0.1, 0.15) is 0 Å². The zero-order valence-electron chi connectivity index (χ0n) is 17.8. The van der Waals surface area contributed by atoms with E-state index in [-0.39, 0.29) is 54.4 Å². The third-order valence-corrected chi connectivity index (χ3v) is 11.8. The van der Waals surface area contributed by atoms with Crippen LogP contribution in [-0.2, 0) is 20.4 Å². The van der Waals surface area contributed by atoms with Crippen LogP contribution in [0.2, 0.25) is 0 Å². The molecule has 5 heteroatoms. The van der Waals surface area contributed by atoms with Crippen molar-refractivity contribution >= 4 is 37.1 Å². The van der Waals surface area contributed by atoms with Gasteiger partial charge in [-0.3, -0.25) is 0 Å². The molecule has 0 amide bonds. The molecule has 4 aromatic rings. The van der Waals surface area contributed by atoms with Gasteiger partial charge in [0.25, 0.3) is 0 Å². The Morgan fingerprint density at radius 3 is 0.875 bits per heavy atom. The topological polar surface area (TPSA) is 0 Å². The summed E-state index contributed by atoms with van der Waals surface area (Å²) in [4.78, 5) is 0. The van der Waals surface area contributed by atoms with Crippen LogP contribution in [0.1, 0.15) is 13.3 Å². The van der Waals surface area contributed by atoms with Crippen molar-refractivity contribution < 1.29 is 54.4 Å². The van der Waals surface area contributed by atoms with Crippen LogP contribution in [-0.4, -0.2) is 5.40 Å². The molecule has 0 aliphatic carbocycles. The summed E-state index contributed by atoms with van der Waals surface area (Å²) in [5.74, 6) is 0. The first kappa shape index (κ1) is 29.4. The summed E-state index contributed by atoms with van der Waals surface area (Å²) in [5, 5.41) is 6.47. The predicted octanol–water partition coefficient (Wildman–Crippen LogP) is -0.00620. The van der Waals surface area contributed by atoms with Crippen molar-refractivity contribution in [1.29, 1.82) is 0 Å². The third kappa shape index (κ3) is 7.18. The summed E-state index contributed by atoms with van der Waals surface area (Å²) < 4.78 is 0. The van der Waals surface area contributed by atoms with Crippen LogP contribution in [0.25, 0.3) is 0 Å². The molecular formula is C27H26Br2P2Pd. The Hall–Kier alpha value is -0.638. The van der Waals surface area contributed by atoms with Crippen molar-refractivity contribution in [1.82, 2.24) is 0 Å². The number of halogens is 2. The molecule has 0 unspecified atom stereocenters. The smallest absolute Gasteiger partial charge is 1.00 e. The van der Waals surface area contributed by atoms with Crippen molar-refractivity contribution in [3.05, 3.63) is 121 Å². The Balaban J connectivity index is 0.00000171. The molecule has 0 atom stereocenters. The third-order valence-electron chi connectivity index (χ3n) is 5.10. The average Bonchev–Trinajstić information content (AvgIpc) is 2.81. The second-order valence-corrected chi connectivity index (χ2v) is 12.2. The molecule has 0 aliphatic heterocycles. The summed E-state index contributed by atoms with van der Waals surface area (Å²) in [5.41, 5.74) is 0. The van der Waals surface area contributed by atoms with E-state index in [2.05, 4.69) is 128 Å². The summed E-state index contributed by atoms with van der Waals surface area (Å²) >= 11 is 0. The minimum atomic E-state index is -0.472. The Labute approximate surface area is 230 Å². The first-order valence-corrected chi connectivity index (χ1v) is 13.0. The van der Waals surface area contributed by atoms with E-state index in [1.807, 2.05) is 0 Å². The van der Waals surface area contributed by atoms with Gasteiger partial charge < -0.3 is 34.0 Å². The Bertz CT molecular complexity index is 841. The fourth-order valence-electron chi connectivity index (χ4n) is 3.82. The van der Waals surface area contributed by atoms with Crippen LogP contribution >= 0.6 is 15.8 Å². The molecule has 0 spiro atoms. The number of hydrogen-bond donors (Lipinski definition) is 0. The monoisotopic (exact) mass is 676 g/mol. The van der Waals surface area contributed by atoms with E-state index in [4.69, 9.17) is 0 Å². The fraction of sp³-hybridized carbons (Fsp3) is 0.111. The largest absolute Gasteiger partial charge is 2.00 e. The Kier molecular flexibility index (Phi) is 14.1. The summed E-state index contributed by atoms with van der Waals surface area (Å²) in [6, 6.07) is 44.6. The van der Waals surface area contributed by atoms with E-state index in [1.165, 1.54) is 21.2 Å². The van der Waals surface area contributed by atoms with Gasteiger partial charge in [-0.1, -0.05) is 128 Å². The van der Waals surface area contributed by atoms with Gasteiger partial charge >= 0.3 is 20.4 Å². The van der Waals surface area contributed by atoms with Crippen molar-refractivity contribution in [2.75, 3.05) is 0 Å². The molecule has 0 aromatic heterocycles. The first-order valence-electron chi connectivity index (χ1n) is 10.2. The molecule has 0 saturated carbocycles. The molecule has 0 saturated heterocycles. The average molecular weight is 679 g/mol. The van der Waals surface area contributed by atoms with Gasteiger partial charge in [-0.05, 0) is 43.5 Å². The fourth-order valence-corrected chi connectivity index (χ4v) is 11.0. The van der Waals surface area contributed by atoms with Gasteiger partial charge in [0, 0.05) is 5.40 Å². The number of benzene rings is 4. The van der Waals surface area contributed by atoms with E-state index in [1.54, 1.807) is 0 Å². The molecule has 168 valence electrons. The zero-order valence-corrected chi connectivity index (χ0v) is 24.3. The van der Waals surface area contributed by atoms with Gasteiger partial charge in [0.05, 0.1) is 0 Å². The summed E-state index contributed by atoms with van der Waals surface area (Å²) in [6.45, 7) is 2.37. The van der Waals surface area contributed by atoms with Crippen molar-refractivity contribution in [3.8, 4) is 0 Å². The predicted molar refractivity (Wildman–Crippen MR) is 132 cm³/mol. The van der Waals surface area contributed by atoms with Crippen LogP contribution in [0.4, 0.5) is 0 Å². The molecule has 0 nitrogen and oxygen atoms in total. The minimum Gasteiger partial charge on any atom is -1.00 e. The Morgan fingerprint density at radius 1 is 0.469 bits per heavy atom. The van der Waals surface area contributed by atoms with Crippen molar-refractivity contribution in [2.24, 2.45) is 0 Å². The van der Waals surface area contributed by atoms with Gasteiger partial charge in [-0.15, -0.1) is 0 Å². The molecule has 4 aromatic carbocycles. The van der Waals surface area contributed by atoms with Crippen LogP contribution in [0, 0.1) is 0 Å². The first-order chi connectivity index (χ1) is 14.4. The SMILES string of the molecule is CCC(P(c1ccccc1)c1ccccc1)P(c1ccccc1)c1ccccc1.[Br-].[Br-].[Pd+2]. The molecule has 4 rings (SSSR count). The van der Waals surface area contributed by atoms with Crippen LogP contribution in [0.5, 0.6) is 0 Å². The van der Waals surface area contributed by atoms with Gasteiger partial charge in [0.2, 0.25) is 0 Å². The molecule has 0 aliphatic rings. The second kappa shape index (κ2) is 15.3. The number of rotatable bonds is 7. The maximum atomic E-state index is 2.37. The standard InChI is InChI=1S/C27H26P2.2BrH.Pd/c1-2-27(28(23-15-7-3-8-16-23)24-17-9-4-10-18-24)29(25-19-11-5-12-20-25)26-21-13-6-14-22-26;;;/h3-22,27H,2H2,1H3;2*1H;/q;;;+2/p-2. The van der Waals surface area contributed by atoms with E-state index < -0.39 is 15.8 Å². The molecule has 0 heterocycles. The normalized spacial score (nSPS) is 10.2. The van der Waals surface area contributed by atoms with Crippen molar-refractivity contribution in [3.63, 3.8) is 0 Å². The quantitative estimate of drug-likeness (QED) is 0.191. The van der Waals surface area contributed by atoms with E-state index >= 15 is 0 Å². The molecular weight excluding hydrogens is 652 g/mol. The van der Waals surface area contributed by atoms with E-state index in [9.17, 15) is 0 Å². The van der Waals surface area contributed by atoms with Gasteiger partial charge in [0.15, 0.2) is 0 Å². The molecule has 32 heavy (non-hydrogen) atoms. The molecule has 0 fully saturated rings. The maximum absolute atomic E-state index is 2.37. The molecule has 0 radical (unpaired) electrons. The van der Waals surface area contributed by atoms with Crippen LogP contribution in [0.3, 0.4) is 0 Å². The van der Waals surface area contributed by atoms with Gasteiger partial charge in [-0.25, -0.2) is 0 Å². The Morgan fingerprint density at radius 2 is 0.688 bits per heavy atom. The van der Waals surface area contributed by atoms with E-state index in [0.29, 0.717) is 5.40 Å². The second-order valence-electron chi connectivity index (χ2n) is 6.97. The summed E-state index contributed by atoms with van der Waals surface area (Å²) in [6.07, 6.45) is 1.16. The zero-order chi connectivity index (χ0) is 19.9. The number of hydrogen-bond acceptors (Lipinski definition) is 0.